The molecule has 0 unspecified atom stereocenters. The number of carbonyl (C=O) groups is 1. The van der Waals surface area contributed by atoms with E-state index in [1.54, 1.807) is 30.3 Å². The molecule has 0 atom stereocenters. The number of hydrogen-bond donors (Lipinski definition) is 1. The number of sulfonamides is 1. The number of likely N-dealkylation sites (N-methyl/N-ethyl adjacent to an activating group) is 1. The van der Waals surface area contributed by atoms with Crippen LogP contribution in [-0.4, -0.2) is 61.7 Å². The molecule has 1 amide bonds. The zero-order valence-corrected chi connectivity index (χ0v) is 17.9. The van der Waals surface area contributed by atoms with Crippen LogP contribution in [0.1, 0.15) is 15.9 Å². The van der Waals surface area contributed by atoms with Gasteiger partial charge in [-0.15, -0.1) is 0 Å². The van der Waals surface area contributed by atoms with Gasteiger partial charge < -0.3 is 4.90 Å². The molecule has 9 heteroatoms. The first kappa shape index (κ1) is 20.0. The van der Waals surface area contributed by atoms with Gasteiger partial charge in [0.25, 0.3) is 5.91 Å². The van der Waals surface area contributed by atoms with E-state index in [1.807, 2.05) is 26.1 Å². The lowest BCUT2D eigenvalue weighted by molar-refractivity contribution is 0.102. The van der Waals surface area contributed by atoms with Gasteiger partial charge >= 0.3 is 0 Å². The summed E-state index contributed by atoms with van der Waals surface area (Å²) in [6.45, 7) is 4.37. The predicted octanol–water partition coefficient (Wildman–Crippen LogP) is 2.79. The number of benzene rings is 2. The standard InChI is InChI=1S/C20H22N4O3S2/c1-14-3-5-15(6-4-14)19(25)22-20-21-17-8-7-16(13-18(17)28-20)29(26,27)24-11-9-23(2)10-12-24/h3-8,13H,9-12H2,1-2H3,(H,21,22,25). The Bertz CT molecular complexity index is 1150. The average molecular weight is 431 g/mol. The molecule has 4 rings (SSSR count). The maximum atomic E-state index is 13.0. The van der Waals surface area contributed by atoms with E-state index in [0.29, 0.717) is 29.3 Å². The van der Waals surface area contributed by atoms with Gasteiger partial charge in [0.1, 0.15) is 0 Å². The number of piperazine rings is 1. The molecule has 0 saturated carbocycles. The molecule has 1 fully saturated rings. The maximum absolute atomic E-state index is 13.0. The highest BCUT2D eigenvalue weighted by atomic mass is 32.2. The Hall–Kier alpha value is -2.33. The third-order valence-electron chi connectivity index (χ3n) is 4.99. The summed E-state index contributed by atoms with van der Waals surface area (Å²) in [6, 6.07) is 12.2. The van der Waals surface area contributed by atoms with Gasteiger partial charge in [0, 0.05) is 31.7 Å². The van der Waals surface area contributed by atoms with E-state index in [9.17, 15) is 13.2 Å². The molecule has 152 valence electrons. The van der Waals surface area contributed by atoms with Crippen molar-refractivity contribution in [3.05, 3.63) is 53.6 Å². The van der Waals surface area contributed by atoms with Crippen molar-refractivity contribution in [1.82, 2.24) is 14.2 Å². The van der Waals surface area contributed by atoms with Crippen LogP contribution >= 0.6 is 11.3 Å². The van der Waals surface area contributed by atoms with Crippen molar-refractivity contribution in [2.24, 2.45) is 0 Å². The van der Waals surface area contributed by atoms with Crippen molar-refractivity contribution in [2.45, 2.75) is 11.8 Å². The number of hydrogen-bond acceptors (Lipinski definition) is 6. The van der Waals surface area contributed by atoms with Crippen LogP contribution in [0.4, 0.5) is 5.13 Å². The lowest BCUT2D eigenvalue weighted by atomic mass is 10.1. The van der Waals surface area contributed by atoms with Crippen molar-refractivity contribution in [3.8, 4) is 0 Å². The molecule has 1 aliphatic heterocycles. The second kappa shape index (κ2) is 7.83. The average Bonchev–Trinajstić information content (AvgIpc) is 3.10. The molecular formula is C20H22N4O3S2. The first-order valence-corrected chi connectivity index (χ1v) is 11.6. The van der Waals surface area contributed by atoms with Gasteiger partial charge in [0.05, 0.1) is 15.1 Å². The Morgan fingerprint density at radius 3 is 2.45 bits per heavy atom. The fourth-order valence-electron chi connectivity index (χ4n) is 3.17. The minimum atomic E-state index is -3.54. The van der Waals surface area contributed by atoms with Gasteiger partial charge in [-0.05, 0) is 44.3 Å². The lowest BCUT2D eigenvalue weighted by Crippen LogP contribution is -2.46. The predicted molar refractivity (Wildman–Crippen MR) is 115 cm³/mol. The van der Waals surface area contributed by atoms with Crippen molar-refractivity contribution in [3.63, 3.8) is 0 Å². The lowest BCUT2D eigenvalue weighted by Gasteiger charge is -2.31. The van der Waals surface area contributed by atoms with Gasteiger partial charge in [-0.1, -0.05) is 29.0 Å². The number of thiazole rings is 1. The molecule has 0 spiro atoms. The monoisotopic (exact) mass is 430 g/mol. The molecule has 1 saturated heterocycles. The van der Waals surface area contributed by atoms with Crippen LogP contribution in [0.25, 0.3) is 10.2 Å². The van der Waals surface area contributed by atoms with E-state index in [-0.39, 0.29) is 10.8 Å². The number of amides is 1. The molecule has 2 aromatic carbocycles. The molecule has 3 aromatic rings. The summed E-state index contributed by atoms with van der Waals surface area (Å²) in [6.07, 6.45) is 0. The summed E-state index contributed by atoms with van der Waals surface area (Å²) in [5.41, 5.74) is 2.29. The van der Waals surface area contributed by atoms with E-state index < -0.39 is 10.0 Å². The van der Waals surface area contributed by atoms with Crippen LogP contribution in [0.3, 0.4) is 0 Å². The molecule has 0 aliphatic carbocycles. The van der Waals surface area contributed by atoms with Crippen LogP contribution in [0.5, 0.6) is 0 Å². The van der Waals surface area contributed by atoms with Crippen molar-refractivity contribution in [1.29, 1.82) is 0 Å². The highest BCUT2D eigenvalue weighted by Gasteiger charge is 2.27. The molecule has 1 aliphatic rings. The number of carbonyl (C=O) groups excluding carboxylic acids is 1. The molecule has 29 heavy (non-hydrogen) atoms. The van der Waals surface area contributed by atoms with E-state index in [2.05, 4.69) is 15.2 Å². The number of nitrogens with one attached hydrogen (secondary N) is 1. The highest BCUT2D eigenvalue weighted by molar-refractivity contribution is 7.89. The number of aromatic nitrogens is 1. The van der Waals surface area contributed by atoms with Gasteiger partial charge in [-0.2, -0.15) is 4.31 Å². The second-order valence-electron chi connectivity index (χ2n) is 7.18. The smallest absolute Gasteiger partial charge is 0.257 e. The summed E-state index contributed by atoms with van der Waals surface area (Å²) >= 11 is 1.27. The largest absolute Gasteiger partial charge is 0.304 e. The van der Waals surface area contributed by atoms with E-state index in [0.717, 1.165) is 23.4 Å². The number of fused-ring (bicyclic) bond motifs is 1. The molecule has 7 nitrogen and oxygen atoms in total. The SMILES string of the molecule is Cc1ccc(C(=O)Nc2nc3ccc(S(=O)(=O)N4CCN(C)CC4)cc3s2)cc1. The van der Waals surface area contributed by atoms with Gasteiger partial charge in [-0.3, -0.25) is 10.1 Å². The van der Waals surface area contributed by atoms with Crippen LogP contribution < -0.4 is 5.32 Å². The fraction of sp³-hybridized carbons (Fsp3) is 0.300. The van der Waals surface area contributed by atoms with Crippen LogP contribution in [0, 0.1) is 6.92 Å². The minimum absolute atomic E-state index is 0.241. The van der Waals surface area contributed by atoms with Crippen LogP contribution in [0.15, 0.2) is 47.4 Å². The normalized spacial score (nSPS) is 16.2. The summed E-state index contributed by atoms with van der Waals surface area (Å²) in [7, 11) is -1.55. The second-order valence-corrected chi connectivity index (χ2v) is 10.1. The van der Waals surface area contributed by atoms with Crippen LogP contribution in [0.2, 0.25) is 0 Å². The summed E-state index contributed by atoms with van der Waals surface area (Å²) in [5.74, 6) is -0.241. The van der Waals surface area contributed by atoms with Crippen LogP contribution in [-0.2, 0) is 10.0 Å². The summed E-state index contributed by atoms with van der Waals surface area (Å²) in [5, 5.41) is 3.24. The third-order valence-corrected chi connectivity index (χ3v) is 7.82. The fourth-order valence-corrected chi connectivity index (χ4v) is 5.59. The number of rotatable bonds is 4. The van der Waals surface area contributed by atoms with Gasteiger partial charge in [0.2, 0.25) is 10.0 Å². The molecule has 2 heterocycles. The molecule has 1 aromatic heterocycles. The van der Waals surface area contributed by atoms with Gasteiger partial charge in [-0.25, -0.2) is 13.4 Å². The van der Waals surface area contributed by atoms with Crippen molar-refractivity contribution in [2.75, 3.05) is 38.5 Å². The zero-order valence-electron chi connectivity index (χ0n) is 16.3. The highest BCUT2D eigenvalue weighted by Crippen LogP contribution is 2.29. The first-order chi connectivity index (χ1) is 13.8. The van der Waals surface area contributed by atoms with Gasteiger partial charge in [0.15, 0.2) is 5.13 Å². The van der Waals surface area contributed by atoms with E-state index >= 15 is 0 Å². The van der Waals surface area contributed by atoms with Crippen molar-refractivity contribution < 1.29 is 13.2 Å². The Labute approximate surface area is 174 Å². The quantitative estimate of drug-likeness (QED) is 0.688. The Balaban J connectivity index is 1.56. The molecule has 1 N–H and O–H groups in total. The molecule has 0 bridgehead atoms. The van der Waals surface area contributed by atoms with Crippen molar-refractivity contribution >= 4 is 42.6 Å². The number of aryl methyl sites for hydroxylation is 1. The third kappa shape index (κ3) is 4.18. The Morgan fingerprint density at radius 2 is 1.76 bits per heavy atom. The number of nitrogens with zero attached hydrogens (tertiary/aromatic N) is 3. The topological polar surface area (TPSA) is 82.6 Å². The first-order valence-electron chi connectivity index (χ1n) is 9.30. The van der Waals surface area contributed by atoms with E-state index in [1.165, 1.54) is 15.6 Å². The summed E-state index contributed by atoms with van der Waals surface area (Å²) < 4.78 is 28.2. The molecular weight excluding hydrogens is 408 g/mol. The molecule has 0 radical (unpaired) electrons. The van der Waals surface area contributed by atoms with E-state index in [4.69, 9.17) is 0 Å². The number of anilines is 1. The Morgan fingerprint density at radius 1 is 1.07 bits per heavy atom. The zero-order chi connectivity index (χ0) is 20.6. The summed E-state index contributed by atoms with van der Waals surface area (Å²) in [4.78, 5) is 19.2. The maximum Gasteiger partial charge on any atom is 0.257 e. The Kier molecular flexibility index (Phi) is 5.39. The minimum Gasteiger partial charge on any atom is -0.304 e.